The van der Waals surface area contributed by atoms with Crippen molar-refractivity contribution in [3.05, 3.63) is 137 Å². The first-order valence-corrected chi connectivity index (χ1v) is 16.0. The predicted octanol–water partition coefficient (Wildman–Crippen LogP) is 6.49. The Labute approximate surface area is 289 Å². The third-order valence-corrected chi connectivity index (χ3v) is 8.77. The highest BCUT2D eigenvalue weighted by molar-refractivity contribution is 6.16. The van der Waals surface area contributed by atoms with Gasteiger partial charge in [0.2, 0.25) is 0 Å². The summed E-state index contributed by atoms with van der Waals surface area (Å²) in [6, 6.07) is 24.0. The Morgan fingerprint density at radius 2 is 1.51 bits per heavy atom. The SMILES string of the molecule is O=C(O)C(F)(F)F.O=C(O)c1cccc(C2CCN(CCCN3C(=O)C(c4ccc(F)cc4)(c4cccc(F)c4)N=C3c3ccccn3)CC2)c1. The number of benzene rings is 3. The number of aliphatic carboxylic acids is 1. The van der Waals surface area contributed by atoms with Gasteiger partial charge in [0.25, 0.3) is 5.91 Å². The van der Waals surface area contributed by atoms with Gasteiger partial charge in [-0.2, -0.15) is 13.2 Å². The molecule has 1 aromatic heterocycles. The number of halogens is 5. The summed E-state index contributed by atoms with van der Waals surface area (Å²) in [5, 5.41) is 16.5. The van der Waals surface area contributed by atoms with Crippen LogP contribution in [0.3, 0.4) is 0 Å². The Morgan fingerprint density at radius 1 is 0.824 bits per heavy atom. The molecule has 6 rings (SSSR count). The van der Waals surface area contributed by atoms with Gasteiger partial charge in [0.05, 0.1) is 5.56 Å². The number of nitrogens with zero attached hydrogens (tertiary/aromatic N) is 4. The zero-order chi connectivity index (χ0) is 36.8. The van der Waals surface area contributed by atoms with Gasteiger partial charge in [-0.3, -0.25) is 14.7 Å². The smallest absolute Gasteiger partial charge is 0.478 e. The molecular formula is C37H33F5N4O5. The van der Waals surface area contributed by atoms with Gasteiger partial charge < -0.3 is 15.1 Å². The fourth-order valence-corrected chi connectivity index (χ4v) is 6.27. The predicted molar refractivity (Wildman–Crippen MR) is 176 cm³/mol. The van der Waals surface area contributed by atoms with Gasteiger partial charge in [-0.1, -0.05) is 42.5 Å². The molecule has 2 N–H and O–H groups in total. The lowest BCUT2D eigenvalue weighted by molar-refractivity contribution is -0.192. The van der Waals surface area contributed by atoms with E-state index in [2.05, 4.69) is 9.88 Å². The van der Waals surface area contributed by atoms with Crippen molar-refractivity contribution in [3.8, 4) is 0 Å². The van der Waals surface area contributed by atoms with Crippen molar-refractivity contribution in [1.29, 1.82) is 0 Å². The number of aromatic nitrogens is 1. The molecule has 2 aliphatic rings. The molecule has 1 atom stereocenters. The standard InChI is InChI=1S/C35H32F2N4O3.C2HF3O2/c36-29-13-11-27(12-14-29)35(28-8-4-9-30(37)23-28)34(44)41(32(39-35)31-10-1-2-17-38-31)19-5-18-40-20-15-24(16-21-40)25-6-3-7-26(22-25)33(42)43;3-2(4,5)1(6)7/h1-4,6-14,17,22-24H,5,15-16,18-21H2,(H,42,43);(H,6,7). The van der Waals surface area contributed by atoms with E-state index in [0.29, 0.717) is 47.1 Å². The molecule has 1 fully saturated rings. The van der Waals surface area contributed by atoms with Crippen LogP contribution in [0.25, 0.3) is 0 Å². The number of carboxylic acid groups (broad SMARTS) is 2. The van der Waals surface area contributed by atoms with E-state index in [-0.39, 0.29) is 5.91 Å². The van der Waals surface area contributed by atoms with Crippen LogP contribution in [0.4, 0.5) is 22.0 Å². The Bertz CT molecular complexity index is 1900. The molecule has 3 aromatic carbocycles. The number of pyridine rings is 1. The Balaban J connectivity index is 0.000000654. The molecule has 14 heteroatoms. The molecule has 0 radical (unpaired) electrons. The van der Waals surface area contributed by atoms with E-state index in [4.69, 9.17) is 14.9 Å². The minimum absolute atomic E-state index is 0.302. The van der Waals surface area contributed by atoms with Crippen LogP contribution in [-0.4, -0.2) is 81.0 Å². The van der Waals surface area contributed by atoms with E-state index in [1.165, 1.54) is 36.4 Å². The molecule has 4 aromatic rings. The average Bonchev–Trinajstić information content (AvgIpc) is 3.41. The van der Waals surface area contributed by atoms with Gasteiger partial charge >= 0.3 is 18.1 Å². The number of alkyl halides is 3. The molecule has 0 bridgehead atoms. The van der Waals surface area contributed by atoms with Crippen LogP contribution in [-0.2, 0) is 15.1 Å². The van der Waals surface area contributed by atoms with E-state index in [1.54, 1.807) is 53.6 Å². The van der Waals surface area contributed by atoms with Crippen LogP contribution < -0.4 is 0 Å². The topological polar surface area (TPSA) is 123 Å². The van der Waals surface area contributed by atoms with Crippen molar-refractivity contribution in [2.24, 2.45) is 4.99 Å². The summed E-state index contributed by atoms with van der Waals surface area (Å²) in [4.78, 5) is 48.2. The van der Waals surface area contributed by atoms with Crippen molar-refractivity contribution < 1.29 is 46.5 Å². The number of carbonyl (C=O) groups is 3. The van der Waals surface area contributed by atoms with Gasteiger partial charge in [0.15, 0.2) is 11.4 Å². The summed E-state index contributed by atoms with van der Waals surface area (Å²) in [6.07, 6.45) is -0.949. The van der Waals surface area contributed by atoms with E-state index in [1.807, 2.05) is 12.1 Å². The summed E-state index contributed by atoms with van der Waals surface area (Å²) in [7, 11) is 0. The molecule has 0 saturated carbocycles. The molecule has 0 spiro atoms. The Kier molecular flexibility index (Phi) is 11.2. The second-order valence-electron chi connectivity index (χ2n) is 12.0. The van der Waals surface area contributed by atoms with E-state index in [0.717, 1.165) is 38.0 Å². The van der Waals surface area contributed by atoms with Crippen LogP contribution in [0.2, 0.25) is 0 Å². The van der Waals surface area contributed by atoms with E-state index in [9.17, 15) is 36.6 Å². The molecule has 1 unspecified atom stereocenters. The molecule has 266 valence electrons. The van der Waals surface area contributed by atoms with Crippen LogP contribution >= 0.6 is 0 Å². The maximum absolute atomic E-state index is 14.5. The van der Waals surface area contributed by atoms with E-state index < -0.39 is 35.3 Å². The highest BCUT2D eigenvalue weighted by atomic mass is 19.4. The molecule has 1 saturated heterocycles. The molecular weight excluding hydrogens is 675 g/mol. The number of likely N-dealkylation sites (tertiary alicyclic amines) is 1. The normalized spacial score (nSPS) is 18.2. The fraction of sp³-hybridized carbons (Fsp3) is 0.270. The Morgan fingerprint density at radius 3 is 2.12 bits per heavy atom. The van der Waals surface area contributed by atoms with Crippen molar-refractivity contribution in [1.82, 2.24) is 14.8 Å². The summed E-state index contributed by atoms with van der Waals surface area (Å²) in [5.74, 6) is -4.27. The number of piperidine rings is 1. The minimum Gasteiger partial charge on any atom is -0.478 e. The number of rotatable bonds is 9. The van der Waals surface area contributed by atoms with Gasteiger partial charge in [-0.25, -0.2) is 23.4 Å². The third kappa shape index (κ3) is 8.46. The van der Waals surface area contributed by atoms with Crippen molar-refractivity contribution >= 4 is 23.7 Å². The fourth-order valence-electron chi connectivity index (χ4n) is 6.27. The minimum atomic E-state index is -5.08. The van der Waals surface area contributed by atoms with Gasteiger partial charge in [-0.15, -0.1) is 0 Å². The largest absolute Gasteiger partial charge is 0.490 e. The summed E-state index contributed by atoms with van der Waals surface area (Å²) in [5.41, 5.74) is 1.09. The zero-order valence-corrected chi connectivity index (χ0v) is 27.1. The quantitative estimate of drug-likeness (QED) is 0.191. The maximum Gasteiger partial charge on any atom is 0.490 e. The number of carboxylic acids is 2. The molecule has 51 heavy (non-hydrogen) atoms. The highest BCUT2D eigenvalue weighted by Gasteiger charge is 2.51. The van der Waals surface area contributed by atoms with Crippen molar-refractivity contribution in [3.63, 3.8) is 0 Å². The summed E-state index contributed by atoms with van der Waals surface area (Å²) >= 11 is 0. The second kappa shape index (κ2) is 15.6. The zero-order valence-electron chi connectivity index (χ0n) is 27.1. The lowest BCUT2D eigenvalue weighted by Gasteiger charge is -2.33. The van der Waals surface area contributed by atoms with E-state index >= 15 is 0 Å². The van der Waals surface area contributed by atoms with Crippen molar-refractivity contribution in [2.75, 3.05) is 26.2 Å². The molecule has 9 nitrogen and oxygen atoms in total. The number of aromatic carboxylic acids is 1. The monoisotopic (exact) mass is 708 g/mol. The number of carbonyl (C=O) groups excluding carboxylic acids is 1. The van der Waals surface area contributed by atoms with Crippen LogP contribution in [0.15, 0.2) is 102 Å². The lowest BCUT2D eigenvalue weighted by atomic mass is 9.82. The van der Waals surface area contributed by atoms with Gasteiger partial charge in [-0.05, 0) is 110 Å². The first kappa shape index (κ1) is 36.8. The highest BCUT2D eigenvalue weighted by Crippen LogP contribution is 2.41. The molecule has 2 aliphatic heterocycles. The summed E-state index contributed by atoms with van der Waals surface area (Å²) in [6.45, 7) is 2.84. The molecule has 3 heterocycles. The second-order valence-corrected chi connectivity index (χ2v) is 12.0. The van der Waals surface area contributed by atoms with Crippen LogP contribution in [0.1, 0.15) is 57.9 Å². The molecule has 1 amide bonds. The average molecular weight is 709 g/mol. The maximum atomic E-state index is 14.5. The number of hydrogen-bond acceptors (Lipinski definition) is 6. The number of hydrogen-bond donors (Lipinski definition) is 2. The first-order chi connectivity index (χ1) is 24.3. The van der Waals surface area contributed by atoms with Crippen molar-refractivity contribution in [2.45, 2.75) is 36.9 Å². The number of aliphatic imine (C=N–C) groups is 1. The molecule has 0 aliphatic carbocycles. The first-order valence-electron chi connectivity index (χ1n) is 16.0. The van der Waals surface area contributed by atoms with Gasteiger partial charge in [0, 0.05) is 12.7 Å². The van der Waals surface area contributed by atoms with Crippen LogP contribution in [0.5, 0.6) is 0 Å². The summed E-state index contributed by atoms with van der Waals surface area (Å²) < 4.78 is 60.2. The number of amides is 1. The number of amidine groups is 1. The van der Waals surface area contributed by atoms with Crippen LogP contribution in [0, 0.1) is 11.6 Å². The third-order valence-electron chi connectivity index (χ3n) is 8.77. The van der Waals surface area contributed by atoms with Gasteiger partial charge in [0.1, 0.15) is 17.3 Å². The Hall–Kier alpha value is -5.50. The lowest BCUT2D eigenvalue weighted by Crippen LogP contribution is -2.43.